The van der Waals surface area contributed by atoms with Gasteiger partial charge in [0, 0.05) is 62.0 Å². The number of likely N-dealkylation sites (tertiary alicyclic amines) is 2. The van der Waals surface area contributed by atoms with Crippen molar-refractivity contribution in [3.05, 3.63) is 88.4 Å². The largest absolute Gasteiger partial charge is 0.619 e. The van der Waals surface area contributed by atoms with Crippen LogP contribution in [0.25, 0.3) is 0 Å². The number of hydrogen-bond acceptors (Lipinski definition) is 7. The first kappa shape index (κ1) is 28.8. The van der Waals surface area contributed by atoms with Crippen LogP contribution < -0.4 is 19.1 Å². The number of anilines is 1. The van der Waals surface area contributed by atoms with Gasteiger partial charge in [-0.15, -0.1) is 0 Å². The third kappa shape index (κ3) is 6.24. The van der Waals surface area contributed by atoms with Crippen LogP contribution in [0.5, 0.6) is 11.5 Å². The van der Waals surface area contributed by atoms with E-state index in [9.17, 15) is 14.8 Å². The standard InChI is InChI=1S/C33H38N4O6/c1-23-9-18-36(40)21-25(23)20-34-14-12-27(13-15-34)43-28-7-8-29(31(19-28)41-2)32(38)35-16-10-26(11-17-35)37-30-6-4-3-5-24(30)22-42-33(37)39/h3-9,18-19,21,26-27H,10-17,20,22H2,1-2H3. The summed E-state index contributed by atoms with van der Waals surface area (Å²) in [6.07, 6.45) is 5.99. The number of fused-ring (bicyclic) bond motifs is 1. The predicted octanol–water partition coefficient (Wildman–Crippen LogP) is 4.44. The lowest BCUT2D eigenvalue weighted by Gasteiger charge is -2.40. The number of nitrogens with zero attached hydrogens (tertiary/aromatic N) is 4. The first-order valence-corrected chi connectivity index (χ1v) is 15.0. The minimum atomic E-state index is -0.324. The van der Waals surface area contributed by atoms with E-state index >= 15 is 0 Å². The molecule has 2 amide bonds. The average molecular weight is 587 g/mol. The number of benzene rings is 2. The van der Waals surface area contributed by atoms with Crippen LogP contribution in [0.4, 0.5) is 10.5 Å². The Morgan fingerprint density at radius 1 is 1.05 bits per heavy atom. The second-order valence-electron chi connectivity index (χ2n) is 11.5. The number of carbonyl (C=O) groups excluding carboxylic acids is 2. The third-order valence-corrected chi connectivity index (χ3v) is 8.81. The van der Waals surface area contributed by atoms with Gasteiger partial charge in [0.1, 0.15) is 24.2 Å². The zero-order valence-corrected chi connectivity index (χ0v) is 24.7. The van der Waals surface area contributed by atoms with Gasteiger partial charge < -0.3 is 24.3 Å². The van der Waals surface area contributed by atoms with Crippen molar-refractivity contribution in [2.24, 2.45) is 0 Å². The van der Waals surface area contributed by atoms with Crippen molar-refractivity contribution in [3.63, 3.8) is 0 Å². The number of para-hydroxylation sites is 1. The topological polar surface area (TPSA) is 98.5 Å². The highest BCUT2D eigenvalue weighted by Crippen LogP contribution is 2.33. The predicted molar refractivity (Wildman–Crippen MR) is 160 cm³/mol. The van der Waals surface area contributed by atoms with Crippen molar-refractivity contribution >= 4 is 17.7 Å². The minimum absolute atomic E-state index is 0.0261. The lowest BCUT2D eigenvalue weighted by Crippen LogP contribution is -2.50. The van der Waals surface area contributed by atoms with E-state index in [0.29, 0.717) is 49.6 Å². The third-order valence-electron chi connectivity index (χ3n) is 8.81. The molecule has 226 valence electrons. The zero-order valence-electron chi connectivity index (χ0n) is 24.7. The number of hydrogen-bond donors (Lipinski definition) is 0. The lowest BCUT2D eigenvalue weighted by molar-refractivity contribution is -0.606. The monoisotopic (exact) mass is 586 g/mol. The molecule has 0 spiro atoms. The molecule has 0 radical (unpaired) electrons. The van der Waals surface area contributed by atoms with Crippen molar-refractivity contribution in [2.45, 2.75) is 57.9 Å². The Labute approximate surface area is 251 Å². The molecule has 0 aliphatic carbocycles. The summed E-state index contributed by atoms with van der Waals surface area (Å²) in [5.41, 5.74) is 4.56. The van der Waals surface area contributed by atoms with Crippen LogP contribution >= 0.6 is 0 Å². The Bertz CT molecular complexity index is 1480. The number of ether oxygens (including phenoxy) is 3. The van der Waals surface area contributed by atoms with E-state index in [0.717, 1.165) is 59.6 Å². The molecule has 3 aliphatic rings. The maximum atomic E-state index is 13.5. The Hall–Kier alpha value is -4.31. The molecule has 43 heavy (non-hydrogen) atoms. The highest BCUT2D eigenvalue weighted by Gasteiger charge is 2.35. The van der Waals surface area contributed by atoms with E-state index in [1.807, 2.05) is 48.2 Å². The first-order valence-electron chi connectivity index (χ1n) is 15.0. The number of cyclic esters (lactones) is 1. The fourth-order valence-corrected chi connectivity index (χ4v) is 6.31. The number of amides is 2. The quantitative estimate of drug-likeness (QED) is 0.298. The maximum Gasteiger partial charge on any atom is 0.414 e. The molecule has 1 aromatic heterocycles. The number of aromatic nitrogens is 1. The van der Waals surface area contributed by atoms with Gasteiger partial charge in [0.05, 0.1) is 18.4 Å². The van der Waals surface area contributed by atoms with Crippen molar-refractivity contribution in [1.82, 2.24) is 9.80 Å². The summed E-state index contributed by atoms with van der Waals surface area (Å²) in [5, 5.41) is 11.7. The Morgan fingerprint density at radius 2 is 1.81 bits per heavy atom. The summed E-state index contributed by atoms with van der Waals surface area (Å²) in [6, 6.07) is 15.1. The molecule has 4 heterocycles. The van der Waals surface area contributed by atoms with E-state index in [2.05, 4.69) is 4.90 Å². The van der Waals surface area contributed by atoms with Crippen LogP contribution in [0.1, 0.15) is 52.7 Å². The van der Waals surface area contributed by atoms with Crippen LogP contribution in [0.15, 0.2) is 60.9 Å². The molecule has 0 N–H and O–H groups in total. The molecule has 6 rings (SSSR count). The summed E-state index contributed by atoms with van der Waals surface area (Å²) in [5.74, 6) is 1.08. The first-order chi connectivity index (χ1) is 20.9. The fourth-order valence-electron chi connectivity index (χ4n) is 6.31. The van der Waals surface area contributed by atoms with Gasteiger partial charge >= 0.3 is 6.09 Å². The van der Waals surface area contributed by atoms with Gasteiger partial charge in [-0.05, 0) is 56.4 Å². The molecular formula is C33H38N4O6. The number of aryl methyl sites for hydroxylation is 1. The molecular weight excluding hydrogens is 548 g/mol. The molecule has 3 aromatic rings. The molecule has 2 fully saturated rings. The SMILES string of the molecule is COc1cc(OC2CCN(Cc3c[n+]([O-])ccc3C)CC2)ccc1C(=O)N1CCC(N2C(=O)OCc3ccccc32)CC1. The van der Waals surface area contributed by atoms with Gasteiger partial charge in [0.25, 0.3) is 5.91 Å². The Balaban J connectivity index is 1.04. The van der Waals surface area contributed by atoms with E-state index in [-0.39, 0.29) is 24.1 Å². The van der Waals surface area contributed by atoms with Crippen LogP contribution in [-0.2, 0) is 17.9 Å². The minimum Gasteiger partial charge on any atom is -0.619 e. The highest BCUT2D eigenvalue weighted by atomic mass is 16.6. The molecule has 3 aliphatic heterocycles. The maximum absolute atomic E-state index is 13.5. The number of rotatable bonds is 7. The van der Waals surface area contributed by atoms with E-state index in [1.165, 1.54) is 6.20 Å². The number of piperidine rings is 2. The molecule has 10 nitrogen and oxygen atoms in total. The van der Waals surface area contributed by atoms with E-state index in [4.69, 9.17) is 14.2 Å². The molecule has 2 saturated heterocycles. The summed E-state index contributed by atoms with van der Waals surface area (Å²) in [7, 11) is 1.57. The van der Waals surface area contributed by atoms with Gasteiger partial charge in [0.2, 0.25) is 0 Å². The van der Waals surface area contributed by atoms with Gasteiger partial charge in [-0.1, -0.05) is 18.2 Å². The lowest BCUT2D eigenvalue weighted by atomic mass is 10.00. The smallest absolute Gasteiger partial charge is 0.414 e. The van der Waals surface area contributed by atoms with Gasteiger partial charge in [0.15, 0.2) is 12.4 Å². The normalized spacial score (nSPS) is 18.2. The summed E-state index contributed by atoms with van der Waals surface area (Å²) in [4.78, 5) is 32.1. The van der Waals surface area contributed by atoms with Crippen LogP contribution in [0.2, 0.25) is 0 Å². The Morgan fingerprint density at radius 3 is 2.58 bits per heavy atom. The highest BCUT2D eigenvalue weighted by molar-refractivity contribution is 5.97. The molecule has 10 heteroatoms. The van der Waals surface area contributed by atoms with Crippen molar-refractivity contribution < 1.29 is 28.5 Å². The second-order valence-corrected chi connectivity index (χ2v) is 11.5. The van der Waals surface area contributed by atoms with Crippen molar-refractivity contribution in [1.29, 1.82) is 0 Å². The molecule has 0 bridgehead atoms. The van der Waals surface area contributed by atoms with E-state index < -0.39 is 0 Å². The van der Waals surface area contributed by atoms with Gasteiger partial charge in [-0.3, -0.25) is 14.6 Å². The number of methoxy groups -OCH3 is 1. The van der Waals surface area contributed by atoms with Gasteiger partial charge in [-0.2, -0.15) is 4.73 Å². The van der Waals surface area contributed by atoms with Crippen molar-refractivity contribution in [3.8, 4) is 11.5 Å². The van der Waals surface area contributed by atoms with Crippen molar-refractivity contribution in [2.75, 3.05) is 38.2 Å². The summed E-state index contributed by atoms with van der Waals surface area (Å²) in [6.45, 7) is 5.89. The molecule has 0 unspecified atom stereocenters. The number of carbonyl (C=O) groups is 2. The molecule has 0 saturated carbocycles. The number of pyridine rings is 1. The van der Waals surface area contributed by atoms with Gasteiger partial charge in [-0.25, -0.2) is 4.79 Å². The average Bonchev–Trinajstić information content (AvgIpc) is 3.03. The molecule has 2 aromatic carbocycles. The summed E-state index contributed by atoms with van der Waals surface area (Å²) >= 11 is 0. The van der Waals surface area contributed by atoms with Crippen LogP contribution in [-0.4, -0.2) is 67.2 Å². The Kier molecular flexibility index (Phi) is 8.38. The van der Waals surface area contributed by atoms with Crippen LogP contribution in [0, 0.1) is 12.1 Å². The molecule has 0 atom stereocenters. The second kappa shape index (κ2) is 12.5. The van der Waals surface area contributed by atoms with Crippen LogP contribution in [0.3, 0.4) is 0 Å². The zero-order chi connectivity index (χ0) is 29.9. The fraction of sp³-hybridized carbons (Fsp3) is 0.424. The summed E-state index contributed by atoms with van der Waals surface area (Å²) < 4.78 is 18.2. The van der Waals surface area contributed by atoms with E-state index in [1.54, 1.807) is 30.3 Å².